The first kappa shape index (κ1) is 22.2. The number of aromatic nitrogens is 2. The third-order valence-corrected chi connectivity index (χ3v) is 4.83. The van der Waals surface area contributed by atoms with E-state index in [1.807, 2.05) is 12.4 Å². The van der Waals surface area contributed by atoms with Gasteiger partial charge in [-0.25, -0.2) is 0 Å². The molecule has 0 saturated heterocycles. The number of halogens is 1. The van der Waals surface area contributed by atoms with E-state index in [1.165, 1.54) is 33.2 Å². The number of fused-ring (bicyclic) bond motifs is 1. The van der Waals surface area contributed by atoms with Crippen LogP contribution in [0.15, 0.2) is 47.8 Å². The number of hydrogen-bond donors (Lipinski definition) is 3. The van der Waals surface area contributed by atoms with Crippen LogP contribution in [-0.4, -0.2) is 35.6 Å². The average Bonchev–Trinajstić information content (AvgIpc) is 3.08. The number of nitrogens with one attached hydrogen (secondary N) is 3. The van der Waals surface area contributed by atoms with E-state index in [9.17, 15) is 0 Å². The Labute approximate surface area is 184 Å². The Bertz CT molecular complexity index is 916. The summed E-state index contributed by atoms with van der Waals surface area (Å²) in [5.41, 5.74) is 6.39. The second kappa shape index (κ2) is 11.0. The highest BCUT2D eigenvalue weighted by atomic mass is 127. The van der Waals surface area contributed by atoms with E-state index < -0.39 is 0 Å². The molecule has 0 amide bonds. The van der Waals surface area contributed by atoms with Gasteiger partial charge in [0.2, 0.25) is 0 Å². The summed E-state index contributed by atoms with van der Waals surface area (Å²) in [6.45, 7) is 8.78. The molecular formula is C22H30IN5. The van der Waals surface area contributed by atoms with Crippen molar-refractivity contribution in [1.82, 2.24) is 20.6 Å². The monoisotopic (exact) mass is 491 g/mol. The number of H-pyrrole nitrogens is 1. The first-order valence-electron chi connectivity index (χ1n) is 9.66. The molecule has 0 atom stereocenters. The SMILES string of the molecule is CCNC(=NCCc1ccncc1C)NCCc1c[nH]c2c(C)cccc12.I. The maximum atomic E-state index is 4.71. The molecule has 0 aliphatic heterocycles. The molecule has 1 aromatic carbocycles. The molecule has 0 aliphatic carbocycles. The summed E-state index contributed by atoms with van der Waals surface area (Å²) in [7, 11) is 0. The van der Waals surface area contributed by atoms with Crippen molar-refractivity contribution in [1.29, 1.82) is 0 Å². The predicted octanol–water partition coefficient (Wildman–Crippen LogP) is 4.14. The standard InChI is InChI=1S/C22H29N5.HI/c1-4-24-22(25-12-9-18-8-11-23-14-17(18)3)26-13-10-19-15-27-21-16(2)6-5-7-20(19)21;/h5-8,11,14-15,27H,4,9-10,12-13H2,1-3H3,(H2,24,25,26);1H. The fraction of sp³-hybridized carbons (Fsp3) is 0.364. The molecule has 2 heterocycles. The number of aromatic amines is 1. The van der Waals surface area contributed by atoms with Crippen LogP contribution in [0.25, 0.3) is 10.9 Å². The Balaban J connectivity index is 0.00000280. The Morgan fingerprint density at radius 1 is 1.07 bits per heavy atom. The summed E-state index contributed by atoms with van der Waals surface area (Å²) >= 11 is 0. The molecule has 5 nitrogen and oxygen atoms in total. The molecule has 0 spiro atoms. The van der Waals surface area contributed by atoms with Gasteiger partial charge >= 0.3 is 0 Å². The molecule has 0 aliphatic rings. The van der Waals surface area contributed by atoms with Crippen LogP contribution in [0.2, 0.25) is 0 Å². The zero-order valence-corrected chi connectivity index (χ0v) is 19.2. The van der Waals surface area contributed by atoms with Crippen molar-refractivity contribution in [3.05, 3.63) is 65.1 Å². The van der Waals surface area contributed by atoms with Crippen LogP contribution >= 0.6 is 24.0 Å². The third-order valence-electron chi connectivity index (χ3n) is 4.83. The van der Waals surface area contributed by atoms with E-state index in [2.05, 4.69) is 71.8 Å². The van der Waals surface area contributed by atoms with E-state index in [0.29, 0.717) is 0 Å². The first-order chi connectivity index (χ1) is 13.2. The lowest BCUT2D eigenvalue weighted by atomic mass is 10.1. The van der Waals surface area contributed by atoms with Crippen molar-refractivity contribution >= 4 is 40.8 Å². The zero-order chi connectivity index (χ0) is 19.1. The Morgan fingerprint density at radius 3 is 2.71 bits per heavy atom. The molecule has 2 aromatic heterocycles. The molecule has 150 valence electrons. The van der Waals surface area contributed by atoms with Crippen LogP contribution < -0.4 is 10.6 Å². The van der Waals surface area contributed by atoms with Crippen molar-refractivity contribution in [3.63, 3.8) is 0 Å². The second-order valence-corrected chi connectivity index (χ2v) is 6.80. The van der Waals surface area contributed by atoms with Gasteiger partial charge in [0.1, 0.15) is 0 Å². The van der Waals surface area contributed by atoms with Crippen molar-refractivity contribution < 1.29 is 0 Å². The summed E-state index contributed by atoms with van der Waals surface area (Å²) in [4.78, 5) is 12.3. The highest BCUT2D eigenvalue weighted by Gasteiger charge is 2.05. The molecule has 0 bridgehead atoms. The van der Waals surface area contributed by atoms with Crippen LogP contribution in [0.1, 0.15) is 29.2 Å². The van der Waals surface area contributed by atoms with Gasteiger partial charge in [-0.3, -0.25) is 9.98 Å². The van der Waals surface area contributed by atoms with Crippen LogP contribution in [0, 0.1) is 13.8 Å². The van der Waals surface area contributed by atoms with Crippen LogP contribution in [0.4, 0.5) is 0 Å². The van der Waals surface area contributed by atoms with Gasteiger partial charge in [-0.15, -0.1) is 24.0 Å². The number of pyridine rings is 1. The maximum Gasteiger partial charge on any atom is 0.191 e. The molecule has 3 N–H and O–H groups in total. The number of nitrogens with zero attached hydrogens (tertiary/aromatic N) is 2. The van der Waals surface area contributed by atoms with Gasteiger partial charge in [0.25, 0.3) is 0 Å². The number of para-hydroxylation sites is 1. The first-order valence-corrected chi connectivity index (χ1v) is 9.66. The Morgan fingerprint density at radius 2 is 1.93 bits per heavy atom. The summed E-state index contributed by atoms with van der Waals surface area (Å²) in [6.07, 6.45) is 7.75. The van der Waals surface area contributed by atoms with Gasteiger partial charge < -0.3 is 15.6 Å². The minimum atomic E-state index is 0. The largest absolute Gasteiger partial charge is 0.361 e. The zero-order valence-electron chi connectivity index (χ0n) is 16.9. The summed E-state index contributed by atoms with van der Waals surface area (Å²) in [5, 5.41) is 8.09. The fourth-order valence-electron chi connectivity index (χ4n) is 3.30. The van der Waals surface area contributed by atoms with Crippen LogP contribution in [0.3, 0.4) is 0 Å². The lowest BCUT2D eigenvalue weighted by Gasteiger charge is -2.11. The fourth-order valence-corrected chi connectivity index (χ4v) is 3.30. The molecule has 0 radical (unpaired) electrons. The molecule has 28 heavy (non-hydrogen) atoms. The number of aliphatic imine (C=N–C) groups is 1. The smallest absolute Gasteiger partial charge is 0.191 e. The van der Waals surface area contributed by atoms with Crippen LogP contribution in [0.5, 0.6) is 0 Å². The topological polar surface area (TPSA) is 65.1 Å². The average molecular weight is 491 g/mol. The van der Waals surface area contributed by atoms with E-state index in [-0.39, 0.29) is 24.0 Å². The number of guanidine groups is 1. The molecule has 6 heteroatoms. The van der Waals surface area contributed by atoms with Gasteiger partial charge in [0, 0.05) is 49.1 Å². The highest BCUT2D eigenvalue weighted by molar-refractivity contribution is 14.0. The molecule has 3 aromatic rings. The number of aryl methyl sites for hydroxylation is 2. The Hall–Kier alpha value is -2.09. The quantitative estimate of drug-likeness (QED) is 0.265. The van der Waals surface area contributed by atoms with Gasteiger partial charge in [-0.05, 0) is 61.9 Å². The van der Waals surface area contributed by atoms with Crippen molar-refractivity contribution in [2.24, 2.45) is 4.99 Å². The second-order valence-electron chi connectivity index (χ2n) is 6.80. The van der Waals surface area contributed by atoms with Crippen molar-refractivity contribution in [3.8, 4) is 0 Å². The van der Waals surface area contributed by atoms with Crippen LogP contribution in [-0.2, 0) is 12.8 Å². The van der Waals surface area contributed by atoms with E-state index in [0.717, 1.165) is 38.4 Å². The maximum absolute atomic E-state index is 4.71. The van der Waals surface area contributed by atoms with Crippen molar-refractivity contribution in [2.75, 3.05) is 19.6 Å². The third kappa shape index (κ3) is 5.70. The highest BCUT2D eigenvalue weighted by Crippen LogP contribution is 2.21. The molecule has 3 rings (SSSR count). The normalized spacial score (nSPS) is 11.3. The number of rotatable bonds is 7. The Kier molecular flexibility index (Phi) is 8.76. The van der Waals surface area contributed by atoms with Gasteiger partial charge in [0.05, 0.1) is 0 Å². The lowest BCUT2D eigenvalue weighted by molar-refractivity contribution is 0.798. The van der Waals surface area contributed by atoms with Gasteiger partial charge in [-0.1, -0.05) is 18.2 Å². The minimum absolute atomic E-state index is 0. The summed E-state index contributed by atoms with van der Waals surface area (Å²) < 4.78 is 0. The molecular weight excluding hydrogens is 461 g/mol. The lowest BCUT2D eigenvalue weighted by Crippen LogP contribution is -2.38. The van der Waals surface area contributed by atoms with Crippen molar-refractivity contribution in [2.45, 2.75) is 33.6 Å². The minimum Gasteiger partial charge on any atom is -0.361 e. The van der Waals surface area contributed by atoms with E-state index in [4.69, 9.17) is 4.99 Å². The van der Waals surface area contributed by atoms with Gasteiger partial charge in [-0.2, -0.15) is 0 Å². The molecule has 0 fully saturated rings. The van der Waals surface area contributed by atoms with Gasteiger partial charge in [0.15, 0.2) is 5.96 Å². The summed E-state index contributed by atoms with van der Waals surface area (Å²) in [5.74, 6) is 0.875. The van der Waals surface area contributed by atoms with E-state index in [1.54, 1.807) is 0 Å². The molecule has 0 saturated carbocycles. The summed E-state index contributed by atoms with van der Waals surface area (Å²) in [6, 6.07) is 8.52. The number of hydrogen-bond acceptors (Lipinski definition) is 2. The number of benzene rings is 1. The molecule has 0 unspecified atom stereocenters. The predicted molar refractivity (Wildman–Crippen MR) is 129 cm³/mol. The van der Waals surface area contributed by atoms with E-state index >= 15 is 0 Å².